The molecule has 0 aromatic carbocycles. The highest BCUT2D eigenvalue weighted by Gasteiger charge is 2.29. The number of ether oxygens (including phenoxy) is 1. The van der Waals surface area contributed by atoms with Crippen molar-refractivity contribution in [3.05, 3.63) is 18.2 Å². The van der Waals surface area contributed by atoms with Gasteiger partial charge in [-0.3, -0.25) is 14.5 Å². The van der Waals surface area contributed by atoms with Crippen LogP contribution in [0.5, 0.6) is 0 Å². The second-order valence-corrected chi connectivity index (χ2v) is 6.02. The Balaban J connectivity index is 2.11. The van der Waals surface area contributed by atoms with Crippen LogP contribution in [-0.4, -0.2) is 52.6 Å². The second-order valence-electron chi connectivity index (χ2n) is 6.02. The van der Waals surface area contributed by atoms with E-state index in [-0.39, 0.29) is 23.8 Å². The average molecular weight is 322 g/mol. The van der Waals surface area contributed by atoms with Gasteiger partial charge in [0.15, 0.2) is 0 Å². The largest absolute Gasteiger partial charge is 0.469 e. The molecule has 1 aromatic rings. The minimum Gasteiger partial charge on any atom is -0.469 e. The standard InChI is InChI=1S/C16H26N4O3/c1-4-20-8-7-17-15(20)11-19-9-13(16(22)23-3)5-6-14(10-19)18-12(2)21/h7-8,13-14H,4-6,9-11H2,1-3H3,(H,18,21)/t13-,14+/m0/s1. The normalized spacial score (nSPS) is 22.4. The number of hydrogen-bond acceptors (Lipinski definition) is 5. The number of hydrogen-bond donors (Lipinski definition) is 1. The lowest BCUT2D eigenvalue weighted by atomic mass is 10.0. The monoisotopic (exact) mass is 322 g/mol. The van der Waals surface area contributed by atoms with Crippen molar-refractivity contribution in [3.8, 4) is 0 Å². The minimum absolute atomic E-state index is 0.0403. The molecule has 1 saturated heterocycles. The SMILES string of the molecule is CCn1ccnc1CN1C[C@H](NC(C)=O)CC[C@H](C(=O)OC)C1. The molecule has 1 N–H and O–H groups in total. The molecule has 0 saturated carbocycles. The minimum atomic E-state index is -0.183. The summed E-state index contributed by atoms with van der Waals surface area (Å²) in [5, 5.41) is 2.98. The van der Waals surface area contributed by atoms with Crippen molar-refractivity contribution in [2.75, 3.05) is 20.2 Å². The van der Waals surface area contributed by atoms with Gasteiger partial charge in [-0.1, -0.05) is 0 Å². The molecule has 2 heterocycles. The molecule has 0 aliphatic carbocycles. The summed E-state index contributed by atoms with van der Waals surface area (Å²) in [6.07, 6.45) is 5.24. The molecule has 0 radical (unpaired) electrons. The first-order valence-corrected chi connectivity index (χ1v) is 8.10. The zero-order valence-electron chi connectivity index (χ0n) is 14.1. The molecule has 1 aliphatic rings. The number of aromatic nitrogens is 2. The fourth-order valence-corrected chi connectivity index (χ4v) is 3.16. The van der Waals surface area contributed by atoms with Gasteiger partial charge in [-0.25, -0.2) is 4.98 Å². The molecule has 1 aliphatic heterocycles. The Morgan fingerprint density at radius 3 is 2.83 bits per heavy atom. The number of amides is 1. The number of likely N-dealkylation sites (tertiary alicyclic amines) is 1. The van der Waals surface area contributed by atoms with E-state index in [2.05, 4.69) is 26.7 Å². The van der Waals surface area contributed by atoms with E-state index >= 15 is 0 Å². The molecule has 1 amide bonds. The molecule has 0 spiro atoms. The van der Waals surface area contributed by atoms with Crippen LogP contribution >= 0.6 is 0 Å². The quantitative estimate of drug-likeness (QED) is 0.811. The van der Waals surface area contributed by atoms with Gasteiger partial charge < -0.3 is 14.6 Å². The number of methoxy groups -OCH3 is 1. The van der Waals surface area contributed by atoms with E-state index < -0.39 is 0 Å². The maximum absolute atomic E-state index is 12.0. The highest BCUT2D eigenvalue weighted by Crippen LogP contribution is 2.20. The van der Waals surface area contributed by atoms with Crippen LogP contribution in [-0.2, 0) is 27.4 Å². The highest BCUT2D eigenvalue weighted by atomic mass is 16.5. The zero-order chi connectivity index (χ0) is 16.8. The van der Waals surface area contributed by atoms with Crippen molar-refractivity contribution < 1.29 is 14.3 Å². The van der Waals surface area contributed by atoms with Crippen molar-refractivity contribution in [3.63, 3.8) is 0 Å². The van der Waals surface area contributed by atoms with Crippen molar-refractivity contribution in [1.29, 1.82) is 0 Å². The zero-order valence-corrected chi connectivity index (χ0v) is 14.1. The Kier molecular flexibility index (Phi) is 6.15. The van der Waals surface area contributed by atoms with Gasteiger partial charge in [0, 0.05) is 45.0 Å². The van der Waals surface area contributed by atoms with E-state index in [0.717, 1.165) is 25.2 Å². The number of carbonyl (C=O) groups excluding carboxylic acids is 2. The van der Waals surface area contributed by atoms with Gasteiger partial charge in [-0.2, -0.15) is 0 Å². The molecule has 23 heavy (non-hydrogen) atoms. The summed E-state index contributed by atoms with van der Waals surface area (Å²) in [6.45, 7) is 6.45. The van der Waals surface area contributed by atoms with E-state index in [1.807, 2.05) is 6.20 Å². The number of nitrogens with zero attached hydrogens (tertiary/aromatic N) is 3. The predicted octanol–water partition coefficient (Wildman–Crippen LogP) is 0.793. The summed E-state index contributed by atoms with van der Waals surface area (Å²) in [4.78, 5) is 29.9. The van der Waals surface area contributed by atoms with Crippen LogP contribution in [0.1, 0.15) is 32.5 Å². The second kappa shape index (κ2) is 8.10. The van der Waals surface area contributed by atoms with E-state index in [0.29, 0.717) is 19.6 Å². The summed E-state index contributed by atoms with van der Waals surface area (Å²) in [6, 6.07) is 0.0483. The van der Waals surface area contributed by atoms with Gasteiger partial charge in [0.2, 0.25) is 5.91 Å². The third-order valence-corrected chi connectivity index (χ3v) is 4.27. The summed E-state index contributed by atoms with van der Waals surface area (Å²) >= 11 is 0. The van der Waals surface area contributed by atoms with Crippen molar-refractivity contribution in [2.45, 2.75) is 45.8 Å². The smallest absolute Gasteiger partial charge is 0.309 e. The van der Waals surface area contributed by atoms with E-state index in [9.17, 15) is 9.59 Å². The molecule has 7 nitrogen and oxygen atoms in total. The third-order valence-electron chi connectivity index (χ3n) is 4.27. The number of aryl methyl sites for hydroxylation is 1. The van der Waals surface area contributed by atoms with Crippen LogP contribution in [0.4, 0.5) is 0 Å². The summed E-state index contributed by atoms with van der Waals surface area (Å²) in [5.41, 5.74) is 0. The lowest BCUT2D eigenvalue weighted by Gasteiger charge is -2.25. The molecule has 1 aromatic heterocycles. The summed E-state index contributed by atoms with van der Waals surface area (Å²) in [5.74, 6) is 0.585. The average Bonchev–Trinajstić information content (AvgIpc) is 2.86. The first kappa shape index (κ1) is 17.5. The van der Waals surface area contributed by atoms with Crippen LogP contribution in [0.3, 0.4) is 0 Å². The van der Waals surface area contributed by atoms with Crippen LogP contribution in [0.2, 0.25) is 0 Å². The Morgan fingerprint density at radius 1 is 1.39 bits per heavy atom. The van der Waals surface area contributed by atoms with Crippen LogP contribution in [0.25, 0.3) is 0 Å². The Morgan fingerprint density at radius 2 is 2.17 bits per heavy atom. The maximum Gasteiger partial charge on any atom is 0.309 e. The molecule has 0 unspecified atom stereocenters. The Labute approximate surface area is 137 Å². The predicted molar refractivity (Wildman–Crippen MR) is 85.5 cm³/mol. The van der Waals surface area contributed by atoms with Gasteiger partial charge in [0.1, 0.15) is 5.82 Å². The van der Waals surface area contributed by atoms with Crippen molar-refractivity contribution in [1.82, 2.24) is 19.8 Å². The lowest BCUT2D eigenvalue weighted by Crippen LogP contribution is -2.42. The summed E-state index contributed by atoms with van der Waals surface area (Å²) in [7, 11) is 1.42. The van der Waals surface area contributed by atoms with E-state index in [1.54, 1.807) is 6.20 Å². The van der Waals surface area contributed by atoms with Crippen LogP contribution in [0, 0.1) is 5.92 Å². The molecule has 2 atom stereocenters. The fourth-order valence-electron chi connectivity index (χ4n) is 3.16. The number of imidazole rings is 1. The molecular formula is C16H26N4O3. The summed E-state index contributed by atoms with van der Waals surface area (Å²) < 4.78 is 7.00. The van der Waals surface area contributed by atoms with Gasteiger partial charge in [0.05, 0.1) is 19.6 Å². The fraction of sp³-hybridized carbons (Fsp3) is 0.688. The van der Waals surface area contributed by atoms with E-state index in [1.165, 1.54) is 14.0 Å². The maximum atomic E-state index is 12.0. The molecule has 0 bridgehead atoms. The van der Waals surface area contributed by atoms with Gasteiger partial charge in [-0.15, -0.1) is 0 Å². The van der Waals surface area contributed by atoms with Crippen LogP contribution in [0.15, 0.2) is 12.4 Å². The number of nitrogens with one attached hydrogen (secondary N) is 1. The molecular weight excluding hydrogens is 296 g/mol. The highest BCUT2D eigenvalue weighted by molar-refractivity contribution is 5.73. The van der Waals surface area contributed by atoms with Crippen molar-refractivity contribution in [2.24, 2.45) is 5.92 Å². The molecule has 1 fully saturated rings. The molecule has 128 valence electrons. The number of esters is 1. The van der Waals surface area contributed by atoms with E-state index in [4.69, 9.17) is 4.74 Å². The molecule has 7 heteroatoms. The first-order valence-electron chi connectivity index (χ1n) is 8.10. The third kappa shape index (κ3) is 4.79. The van der Waals surface area contributed by atoms with Crippen molar-refractivity contribution >= 4 is 11.9 Å². The molecule has 2 rings (SSSR count). The topological polar surface area (TPSA) is 76.5 Å². The lowest BCUT2D eigenvalue weighted by molar-refractivity contribution is -0.146. The van der Waals surface area contributed by atoms with Crippen LogP contribution < -0.4 is 5.32 Å². The van der Waals surface area contributed by atoms with Gasteiger partial charge >= 0.3 is 5.97 Å². The Bertz CT molecular complexity index is 543. The Hall–Kier alpha value is -1.89. The van der Waals surface area contributed by atoms with Gasteiger partial charge in [0.25, 0.3) is 0 Å². The first-order chi connectivity index (χ1) is 11.0. The van der Waals surface area contributed by atoms with Gasteiger partial charge in [-0.05, 0) is 19.8 Å². The number of rotatable bonds is 5. The number of carbonyl (C=O) groups is 2.